The normalized spacial score (nSPS) is 12.6. The van der Waals surface area contributed by atoms with E-state index < -0.39 is 20.8 Å². The second kappa shape index (κ2) is 8.16. The smallest absolute Gasteiger partial charge is 0.261 e. The Labute approximate surface area is 178 Å². The first-order valence-electron chi connectivity index (χ1n) is 7.89. The van der Waals surface area contributed by atoms with Crippen LogP contribution in [0.4, 0.5) is 5.69 Å². The lowest BCUT2D eigenvalue weighted by molar-refractivity contribution is 0.468. The number of thiocarbonyl (C=S) groups is 1. The van der Waals surface area contributed by atoms with Crippen molar-refractivity contribution in [2.75, 3.05) is 10.5 Å². The Morgan fingerprint density at radius 1 is 1.14 bits per heavy atom. The monoisotopic (exact) mass is 498 g/mol. The molecule has 0 fully saturated rings. The van der Waals surface area contributed by atoms with Gasteiger partial charge in [0.1, 0.15) is 5.75 Å². The number of hydrogen-bond acceptors (Lipinski definition) is 5. The van der Waals surface area contributed by atoms with Crippen LogP contribution in [0.2, 0.25) is 0 Å². The molecular weight excluding hydrogens is 484 g/mol. The molecule has 6 nitrogen and oxygen atoms in total. The number of fused-ring (bicyclic) bond motifs is 1. The summed E-state index contributed by atoms with van der Waals surface area (Å²) < 4.78 is 41.4. The van der Waals surface area contributed by atoms with Gasteiger partial charge in [-0.15, -0.1) is 0 Å². The maximum atomic E-state index is 12.8. The molecule has 0 radical (unpaired) electrons. The van der Waals surface area contributed by atoms with Crippen LogP contribution in [0.5, 0.6) is 5.75 Å². The molecule has 10 heteroatoms. The van der Waals surface area contributed by atoms with Crippen molar-refractivity contribution in [1.82, 2.24) is 0 Å². The van der Waals surface area contributed by atoms with E-state index in [1.165, 1.54) is 18.2 Å². The van der Waals surface area contributed by atoms with Gasteiger partial charge in [0.25, 0.3) is 10.0 Å². The fourth-order valence-corrected chi connectivity index (χ4v) is 5.26. The highest BCUT2D eigenvalue weighted by molar-refractivity contribution is 9.10. The molecule has 4 N–H and O–H groups in total. The lowest BCUT2D eigenvalue weighted by atomic mass is 10.1. The number of anilines is 1. The van der Waals surface area contributed by atoms with Crippen molar-refractivity contribution in [3.05, 3.63) is 59.1 Å². The highest BCUT2D eigenvalue weighted by atomic mass is 79.9. The van der Waals surface area contributed by atoms with Crippen molar-refractivity contribution in [2.24, 2.45) is 5.73 Å². The van der Waals surface area contributed by atoms with Gasteiger partial charge >= 0.3 is 0 Å². The molecule has 0 heterocycles. The minimum absolute atomic E-state index is 0.0304. The maximum absolute atomic E-state index is 12.8. The predicted octanol–water partition coefficient (Wildman–Crippen LogP) is 3.50. The van der Waals surface area contributed by atoms with Crippen molar-refractivity contribution in [2.45, 2.75) is 9.79 Å². The largest absolute Gasteiger partial charge is 0.506 e. The number of nitrogens with one attached hydrogen (secondary N) is 1. The molecule has 0 aliphatic heterocycles. The Hall–Kier alpha value is -2.01. The van der Waals surface area contributed by atoms with E-state index in [2.05, 4.69) is 20.7 Å². The van der Waals surface area contributed by atoms with Gasteiger partial charge in [0.2, 0.25) is 0 Å². The molecular formula is C18H15BrN2O4S3. The maximum Gasteiger partial charge on any atom is 0.261 e. The van der Waals surface area contributed by atoms with Crippen LogP contribution in [0, 0.1) is 0 Å². The zero-order valence-electron chi connectivity index (χ0n) is 14.3. The van der Waals surface area contributed by atoms with Gasteiger partial charge in [-0.05, 0) is 30.3 Å². The first kappa shape index (κ1) is 20.7. The molecule has 1 unspecified atom stereocenters. The Kier molecular flexibility index (Phi) is 6.04. The van der Waals surface area contributed by atoms with Crippen LogP contribution >= 0.6 is 28.1 Å². The summed E-state index contributed by atoms with van der Waals surface area (Å²) in [5.41, 5.74) is 5.66. The van der Waals surface area contributed by atoms with E-state index in [1.807, 2.05) is 0 Å². The van der Waals surface area contributed by atoms with E-state index in [4.69, 9.17) is 18.0 Å². The highest BCUT2D eigenvalue weighted by Gasteiger charge is 2.20. The molecule has 0 amide bonds. The predicted molar refractivity (Wildman–Crippen MR) is 119 cm³/mol. The summed E-state index contributed by atoms with van der Waals surface area (Å²) in [7, 11) is -5.63. The second-order valence-electron chi connectivity index (χ2n) is 5.83. The second-order valence-corrected chi connectivity index (χ2v) is 10.4. The number of rotatable bonds is 6. The van der Waals surface area contributed by atoms with Crippen molar-refractivity contribution in [3.8, 4) is 5.75 Å². The molecule has 3 aromatic carbocycles. The SMILES string of the molecule is NC(=S)CS(=O)c1cc(NS(=O)(=O)c2ccc(Br)cc2)c2ccccc2c1O. The van der Waals surface area contributed by atoms with E-state index in [1.54, 1.807) is 36.4 Å². The van der Waals surface area contributed by atoms with Crippen LogP contribution in [-0.2, 0) is 20.8 Å². The number of halogens is 1. The van der Waals surface area contributed by atoms with Crippen LogP contribution in [-0.4, -0.2) is 28.5 Å². The number of phenolic OH excluding ortho intramolecular Hbond substituents is 1. The van der Waals surface area contributed by atoms with Crippen LogP contribution in [0.15, 0.2) is 68.9 Å². The fraction of sp³-hybridized carbons (Fsp3) is 0.0556. The molecule has 146 valence electrons. The van der Waals surface area contributed by atoms with E-state index in [9.17, 15) is 17.7 Å². The number of sulfonamides is 1. The number of phenols is 1. The zero-order valence-corrected chi connectivity index (χ0v) is 18.3. The third-order valence-corrected chi connectivity index (χ3v) is 7.48. The number of aromatic hydroxyl groups is 1. The summed E-state index contributed by atoms with van der Waals surface area (Å²) in [6.07, 6.45) is 0. The third-order valence-electron chi connectivity index (χ3n) is 3.87. The molecule has 0 spiro atoms. The fourth-order valence-electron chi connectivity index (χ4n) is 2.62. The van der Waals surface area contributed by atoms with Crippen LogP contribution in [0.1, 0.15) is 0 Å². The summed E-state index contributed by atoms with van der Waals surface area (Å²) in [6, 6.07) is 14.2. The van der Waals surface area contributed by atoms with Crippen LogP contribution in [0.25, 0.3) is 10.8 Å². The van der Waals surface area contributed by atoms with Crippen molar-refractivity contribution >= 4 is 70.4 Å². The minimum Gasteiger partial charge on any atom is -0.506 e. The van der Waals surface area contributed by atoms with Gasteiger partial charge in [-0.3, -0.25) is 8.93 Å². The lowest BCUT2D eigenvalue weighted by Crippen LogP contribution is -2.18. The van der Waals surface area contributed by atoms with Gasteiger partial charge in [-0.25, -0.2) is 8.42 Å². The lowest BCUT2D eigenvalue weighted by Gasteiger charge is -2.15. The molecule has 0 bridgehead atoms. The first-order valence-corrected chi connectivity index (χ1v) is 11.9. The quantitative estimate of drug-likeness (QED) is 0.354. The van der Waals surface area contributed by atoms with Crippen molar-refractivity contribution in [3.63, 3.8) is 0 Å². The number of nitrogens with two attached hydrogens (primary N) is 1. The zero-order chi connectivity index (χ0) is 20.5. The van der Waals surface area contributed by atoms with Gasteiger partial charge in [-0.1, -0.05) is 52.4 Å². The molecule has 0 saturated carbocycles. The van der Waals surface area contributed by atoms with Gasteiger partial charge in [0.05, 0.1) is 37.0 Å². The molecule has 28 heavy (non-hydrogen) atoms. The van der Waals surface area contributed by atoms with E-state index in [0.29, 0.717) is 10.8 Å². The summed E-state index contributed by atoms with van der Waals surface area (Å²) in [6.45, 7) is 0. The van der Waals surface area contributed by atoms with Gasteiger partial charge < -0.3 is 10.8 Å². The van der Waals surface area contributed by atoms with E-state index >= 15 is 0 Å². The Morgan fingerprint density at radius 3 is 2.36 bits per heavy atom. The minimum atomic E-state index is -3.90. The third kappa shape index (κ3) is 4.35. The first-order chi connectivity index (χ1) is 13.2. The Balaban J connectivity index is 2.14. The molecule has 0 aliphatic carbocycles. The van der Waals surface area contributed by atoms with Gasteiger partial charge in [-0.2, -0.15) is 0 Å². The number of hydrogen-bond donors (Lipinski definition) is 3. The molecule has 0 aromatic heterocycles. The van der Waals surface area contributed by atoms with Gasteiger partial charge in [0, 0.05) is 15.2 Å². The standard InChI is InChI=1S/C18H15BrN2O4S3/c19-11-5-7-12(8-6-11)28(24,25)21-15-9-16(27(23)10-17(20)26)18(22)14-4-2-1-3-13(14)15/h1-9,21-22H,10H2,(H2,20,26). The Bertz CT molecular complexity index is 1200. The average Bonchev–Trinajstić information content (AvgIpc) is 2.63. The molecule has 1 atom stereocenters. The molecule has 3 rings (SSSR count). The topological polar surface area (TPSA) is 109 Å². The molecule has 0 saturated heterocycles. The van der Waals surface area contributed by atoms with E-state index in [0.717, 1.165) is 4.47 Å². The van der Waals surface area contributed by atoms with E-state index in [-0.39, 0.29) is 32.0 Å². The molecule has 3 aromatic rings. The van der Waals surface area contributed by atoms with Crippen molar-refractivity contribution in [1.29, 1.82) is 0 Å². The molecule has 0 aliphatic rings. The Morgan fingerprint density at radius 2 is 1.75 bits per heavy atom. The van der Waals surface area contributed by atoms with Crippen LogP contribution in [0.3, 0.4) is 0 Å². The summed E-state index contributed by atoms with van der Waals surface area (Å²) in [5.74, 6) is -0.322. The number of benzene rings is 3. The van der Waals surface area contributed by atoms with Crippen molar-refractivity contribution < 1.29 is 17.7 Å². The van der Waals surface area contributed by atoms with Crippen LogP contribution < -0.4 is 10.5 Å². The summed E-state index contributed by atoms with van der Waals surface area (Å²) in [5, 5.41) is 11.4. The average molecular weight is 499 g/mol. The summed E-state index contributed by atoms with van der Waals surface area (Å²) in [4.78, 5) is 0.154. The summed E-state index contributed by atoms with van der Waals surface area (Å²) >= 11 is 8.06. The highest BCUT2D eigenvalue weighted by Crippen LogP contribution is 2.37. The van der Waals surface area contributed by atoms with Gasteiger partial charge in [0.15, 0.2) is 0 Å².